The van der Waals surface area contributed by atoms with Gasteiger partial charge in [-0.1, -0.05) is 286 Å². The van der Waals surface area contributed by atoms with E-state index in [0.717, 1.165) is 73.0 Å². The summed E-state index contributed by atoms with van der Waals surface area (Å²) in [5.41, 5.74) is 10.4. The summed E-state index contributed by atoms with van der Waals surface area (Å²) in [6, 6.07) is 97.5. The molecule has 0 spiro atoms. The van der Waals surface area contributed by atoms with Gasteiger partial charge < -0.3 is 37.0 Å². The van der Waals surface area contributed by atoms with Gasteiger partial charge in [-0.2, -0.15) is 0 Å². The molecule has 18 heteroatoms. The molecular formula is C94H78O14P4. The van der Waals surface area contributed by atoms with Gasteiger partial charge in [0.15, 0.2) is 11.7 Å². The van der Waals surface area contributed by atoms with E-state index in [2.05, 4.69) is 26.3 Å². The highest BCUT2D eigenvalue weighted by atomic mass is 31.2. The van der Waals surface area contributed by atoms with Crippen LogP contribution in [0.4, 0.5) is 0 Å². The first-order valence-electron chi connectivity index (χ1n) is 36.3. The number of allylic oxidation sites excluding steroid dienone is 2. The summed E-state index contributed by atoms with van der Waals surface area (Å²) >= 11 is 0. The minimum atomic E-state index is -3.99. The first-order chi connectivity index (χ1) is 54.6. The van der Waals surface area contributed by atoms with Crippen LogP contribution in [0.1, 0.15) is 70.6 Å². The smallest absolute Gasteiger partial charge is 0.331 e. The Morgan fingerprint density at radius 3 is 0.955 bits per heavy atom. The molecule has 112 heavy (non-hydrogen) atoms. The van der Waals surface area contributed by atoms with Crippen molar-refractivity contribution in [3.8, 4) is 67.5 Å². The predicted molar refractivity (Wildman–Crippen MR) is 447 cm³/mol. The van der Waals surface area contributed by atoms with Crippen LogP contribution >= 0.6 is 29.5 Å². The van der Waals surface area contributed by atoms with Crippen LogP contribution in [0.2, 0.25) is 0 Å². The molecule has 0 amide bonds. The lowest BCUT2D eigenvalue weighted by atomic mass is 10.0. The van der Waals surface area contributed by atoms with Gasteiger partial charge >= 0.3 is 41.4 Å². The Kier molecular flexibility index (Phi) is 23.1. The van der Waals surface area contributed by atoms with E-state index in [1.807, 2.05) is 257 Å². The topological polar surface area (TPSA) is 176 Å². The van der Waals surface area contributed by atoms with Crippen LogP contribution in [-0.2, 0) is 60.0 Å². The molecule has 0 fully saturated rings. The molecule has 0 aromatic heterocycles. The Balaban J connectivity index is 0.000000177. The third-order valence-corrected chi connectivity index (χ3v) is 29.4. The van der Waals surface area contributed by atoms with Gasteiger partial charge in [0.1, 0.15) is 23.0 Å². The molecule has 14 nitrogen and oxygen atoms in total. The number of carbonyl (C=O) groups excluding carboxylic acids is 2. The monoisotopic (exact) mass is 1550 g/mol. The second kappa shape index (κ2) is 33.7. The molecule has 13 aromatic rings. The number of carbonyl (C=O) groups is 2. The predicted octanol–water partition coefficient (Wildman–Crippen LogP) is 23.4. The number of benzene rings is 13. The fourth-order valence-electron chi connectivity index (χ4n) is 14.2. The van der Waals surface area contributed by atoms with E-state index >= 15 is 18.3 Å². The van der Waals surface area contributed by atoms with Crippen LogP contribution in [0.15, 0.2) is 366 Å². The summed E-state index contributed by atoms with van der Waals surface area (Å²) in [6.45, 7) is 18.0. The minimum Gasteiger partial charge on any atom is -0.442 e. The normalized spacial score (nSPS) is 18.3. The lowest BCUT2D eigenvalue weighted by molar-refractivity contribution is -0.141. The first kappa shape index (κ1) is 76.8. The SMILES string of the molecule is C=CC.C=CC.C=CC(=O)OC(c1ccc(C(OC(=O)C=C)P2(=O)Oc3ccccc3-c3ccccc32)cc1)P1(=O)Oc2ccccc2-c2ccccc21.O=P1(C(OCc2ccccc2)c2ccc3c(C(OCc4ccccc4)P4(=O)Oc5ccccc5-c5ccccc54)cccc3c2)Oc2ccccc2-c2ccccc21. The maximum absolute atomic E-state index is 15.8. The Morgan fingerprint density at radius 1 is 0.321 bits per heavy atom. The highest BCUT2D eigenvalue weighted by molar-refractivity contribution is 7.69. The highest BCUT2D eigenvalue weighted by Crippen LogP contribution is 2.69. The molecule has 17 rings (SSSR count). The third kappa shape index (κ3) is 15.1. The summed E-state index contributed by atoms with van der Waals surface area (Å²) in [5.74, 6) is -4.40. The zero-order chi connectivity index (χ0) is 78.0. The summed E-state index contributed by atoms with van der Waals surface area (Å²) in [7, 11) is -15.5. The summed E-state index contributed by atoms with van der Waals surface area (Å²) in [6.07, 6.45) is 5.48. The molecule has 4 heterocycles. The molecule has 13 aromatic carbocycles. The first-order valence-corrected chi connectivity index (χ1v) is 43.0. The van der Waals surface area contributed by atoms with Gasteiger partial charge in [0.25, 0.3) is 0 Å². The van der Waals surface area contributed by atoms with Gasteiger partial charge in [-0.15, -0.1) is 13.2 Å². The number of rotatable bonds is 18. The van der Waals surface area contributed by atoms with Crippen molar-refractivity contribution in [1.29, 1.82) is 0 Å². The molecule has 0 saturated carbocycles. The largest absolute Gasteiger partial charge is 0.442 e. The van der Waals surface area contributed by atoms with Crippen LogP contribution in [0.25, 0.3) is 55.3 Å². The molecule has 0 bridgehead atoms. The van der Waals surface area contributed by atoms with Crippen LogP contribution in [0.3, 0.4) is 0 Å². The fourth-order valence-corrected chi connectivity index (χ4v) is 24.4. The van der Waals surface area contributed by atoms with E-state index in [4.69, 9.17) is 37.0 Å². The van der Waals surface area contributed by atoms with E-state index in [9.17, 15) is 9.59 Å². The molecule has 0 N–H and O–H groups in total. The quantitative estimate of drug-likeness (QED) is 0.0343. The molecule has 8 unspecified atom stereocenters. The maximum atomic E-state index is 15.8. The molecule has 558 valence electrons. The van der Waals surface area contributed by atoms with Crippen molar-refractivity contribution < 1.29 is 64.9 Å². The van der Waals surface area contributed by atoms with Gasteiger partial charge in [-0.25, -0.2) is 9.59 Å². The van der Waals surface area contributed by atoms with E-state index in [1.54, 1.807) is 84.9 Å². The van der Waals surface area contributed by atoms with Gasteiger partial charge in [0.2, 0.25) is 11.7 Å². The van der Waals surface area contributed by atoms with E-state index in [1.165, 1.54) is 0 Å². The average molecular weight is 1560 g/mol. The summed E-state index contributed by atoms with van der Waals surface area (Å²) in [5, 5.41) is 3.68. The molecule has 0 aliphatic carbocycles. The lowest BCUT2D eigenvalue weighted by Gasteiger charge is -2.35. The van der Waals surface area contributed by atoms with E-state index < -0.39 is 64.8 Å². The van der Waals surface area contributed by atoms with Gasteiger partial charge in [-0.3, -0.25) is 18.3 Å². The summed E-state index contributed by atoms with van der Waals surface area (Å²) in [4.78, 5) is 25.4. The molecule has 4 aliphatic heterocycles. The molecule has 8 atom stereocenters. The number of ether oxygens (including phenoxy) is 4. The van der Waals surface area contributed by atoms with Crippen molar-refractivity contribution in [1.82, 2.24) is 0 Å². The van der Waals surface area contributed by atoms with Crippen molar-refractivity contribution in [2.24, 2.45) is 0 Å². The second-order valence-corrected chi connectivity index (χ2v) is 35.7. The van der Waals surface area contributed by atoms with Gasteiger partial charge in [-0.05, 0) is 124 Å². The van der Waals surface area contributed by atoms with Crippen molar-refractivity contribution in [3.05, 3.63) is 399 Å². The van der Waals surface area contributed by atoms with Crippen molar-refractivity contribution in [3.63, 3.8) is 0 Å². The van der Waals surface area contributed by atoms with Crippen molar-refractivity contribution >= 4 is 73.4 Å². The number of para-hydroxylation sites is 4. The highest BCUT2D eigenvalue weighted by Gasteiger charge is 2.51. The Bertz CT molecular complexity index is 5760. The second-order valence-electron chi connectivity index (χ2n) is 26.4. The lowest BCUT2D eigenvalue weighted by Crippen LogP contribution is -2.25. The number of esters is 2. The number of fused-ring (bicyclic) bond motifs is 13. The van der Waals surface area contributed by atoms with E-state index in [0.29, 0.717) is 72.0 Å². The fraction of sp³-hybridized carbons (Fsp3) is 0.0851. The van der Waals surface area contributed by atoms with Gasteiger partial charge in [0, 0.05) is 45.5 Å². The van der Waals surface area contributed by atoms with Crippen LogP contribution in [-0.4, -0.2) is 11.9 Å². The standard InChI is InChI=1S/C50H38O6P2.C38H28O8P2.2C3H6/c51-57(47-28-13-9-23-42(47)40-21-7-11-26-45(40)55-57)49(53-33-35-16-3-1-4-17-35)38-30-31-39-37(32-38)20-15-25-44(39)50(54-34-36-18-5-2-6-19-36)58(52)48-29-14-10-24-43(48)41-22-8-12-27-46(41)56-58;1-3-35(39)43-37(47(41)33-19-11-7-15-29(33)27-13-5-9-17-31(27)45-47)25-21-23-26(24-22-25)38(44-36(40)4-2)48(42)34-20-12-8-16-30(34)28-14-6-10-18-32(28)46-48;2*1-3-2/h1-32,49-50H,33-34H2;3-24,37-38H,1-2H2;2*3H,1H2,2H3. The van der Waals surface area contributed by atoms with Crippen LogP contribution < -0.4 is 39.3 Å². The van der Waals surface area contributed by atoms with Crippen LogP contribution in [0.5, 0.6) is 23.0 Å². The van der Waals surface area contributed by atoms with Crippen molar-refractivity contribution in [2.75, 3.05) is 0 Å². The number of hydrogen-bond donors (Lipinski definition) is 0. The zero-order valence-electron chi connectivity index (χ0n) is 61.4. The number of hydrogen-bond acceptors (Lipinski definition) is 14. The van der Waals surface area contributed by atoms with Gasteiger partial charge in [0.05, 0.1) is 34.4 Å². The van der Waals surface area contributed by atoms with E-state index in [-0.39, 0.29) is 13.2 Å². The van der Waals surface area contributed by atoms with Crippen LogP contribution in [0, 0.1) is 0 Å². The zero-order valence-corrected chi connectivity index (χ0v) is 65.0. The third-order valence-electron chi connectivity index (χ3n) is 19.1. The Labute approximate surface area is 651 Å². The molecule has 0 radical (unpaired) electrons. The average Bonchev–Trinajstić information content (AvgIpc) is 0.743. The van der Waals surface area contributed by atoms with Crippen molar-refractivity contribution in [2.45, 2.75) is 50.4 Å². The molecule has 4 aliphatic rings. The Morgan fingerprint density at radius 2 is 0.607 bits per heavy atom. The molecule has 0 saturated heterocycles. The Hall–Kier alpha value is -11.9. The molecular weight excluding hydrogens is 1480 g/mol. The minimum absolute atomic E-state index is 0.216. The summed E-state index contributed by atoms with van der Waals surface area (Å²) < 4.78 is 112. The maximum Gasteiger partial charge on any atom is 0.331 e.